The van der Waals surface area contributed by atoms with Gasteiger partial charge in [-0.05, 0) is 31.5 Å². The zero-order valence-electron chi connectivity index (χ0n) is 8.80. The van der Waals surface area contributed by atoms with Crippen molar-refractivity contribution in [2.45, 2.75) is 26.0 Å². The lowest BCUT2D eigenvalue weighted by atomic mass is 10.1. The zero-order chi connectivity index (χ0) is 11.4. The van der Waals surface area contributed by atoms with Crippen molar-refractivity contribution in [2.24, 2.45) is 0 Å². The van der Waals surface area contributed by atoms with E-state index in [1.54, 1.807) is 13.0 Å². The molecule has 0 aromatic heterocycles. The lowest BCUT2D eigenvalue weighted by molar-refractivity contribution is 0.187. The quantitative estimate of drug-likeness (QED) is 0.858. The predicted molar refractivity (Wildman–Crippen MR) is 64.6 cm³/mol. The third kappa shape index (κ3) is 3.99. The number of aliphatic hydroxyl groups excluding tert-OH is 1. The van der Waals surface area contributed by atoms with Crippen LogP contribution in [-0.4, -0.2) is 17.8 Å². The van der Waals surface area contributed by atoms with Gasteiger partial charge >= 0.3 is 0 Å². The Morgan fingerprint density at radius 3 is 2.47 bits per heavy atom. The molecule has 1 aromatic rings. The summed E-state index contributed by atoms with van der Waals surface area (Å²) in [7, 11) is 0. The summed E-state index contributed by atoms with van der Waals surface area (Å²) in [5, 5.41) is 13.4. The summed E-state index contributed by atoms with van der Waals surface area (Å²) in [4.78, 5) is 0. The van der Waals surface area contributed by atoms with Crippen LogP contribution in [0.1, 0.15) is 25.5 Å². The number of hydrogen-bond acceptors (Lipinski definition) is 2. The molecule has 0 heterocycles. The van der Waals surface area contributed by atoms with Crippen molar-refractivity contribution in [3.8, 4) is 0 Å². The molecule has 2 atom stereocenters. The molecule has 0 radical (unpaired) electrons. The van der Waals surface area contributed by atoms with Crippen LogP contribution < -0.4 is 5.32 Å². The van der Waals surface area contributed by atoms with Gasteiger partial charge in [-0.3, -0.25) is 0 Å². The molecule has 84 valence electrons. The Morgan fingerprint density at radius 2 is 1.93 bits per heavy atom. The Labute approximate surface area is 100 Å². The predicted octanol–water partition coefficient (Wildman–Crippen LogP) is 3.02. The molecule has 0 aliphatic heterocycles. The molecule has 0 spiro atoms. The van der Waals surface area contributed by atoms with Gasteiger partial charge in [-0.2, -0.15) is 0 Å². The lowest BCUT2D eigenvalue weighted by Gasteiger charge is -2.15. The SMILES string of the molecule is CC(NC[C@@H](C)O)c1ccc(Cl)c(Cl)c1. The van der Waals surface area contributed by atoms with Crippen molar-refractivity contribution in [1.29, 1.82) is 0 Å². The average molecular weight is 248 g/mol. The van der Waals surface area contributed by atoms with Gasteiger partial charge in [0.25, 0.3) is 0 Å². The van der Waals surface area contributed by atoms with Gasteiger partial charge in [0.1, 0.15) is 0 Å². The molecule has 0 aliphatic rings. The summed E-state index contributed by atoms with van der Waals surface area (Å²) < 4.78 is 0. The minimum Gasteiger partial charge on any atom is -0.392 e. The number of hydrogen-bond donors (Lipinski definition) is 2. The van der Waals surface area contributed by atoms with E-state index in [1.165, 1.54) is 0 Å². The monoisotopic (exact) mass is 247 g/mol. The number of benzene rings is 1. The van der Waals surface area contributed by atoms with E-state index in [-0.39, 0.29) is 12.1 Å². The van der Waals surface area contributed by atoms with Gasteiger partial charge in [-0.15, -0.1) is 0 Å². The number of halogens is 2. The fourth-order valence-corrected chi connectivity index (χ4v) is 1.55. The van der Waals surface area contributed by atoms with Gasteiger partial charge in [0, 0.05) is 12.6 Å². The Balaban J connectivity index is 2.65. The summed E-state index contributed by atoms with van der Waals surface area (Å²) in [6, 6.07) is 5.69. The van der Waals surface area contributed by atoms with E-state index < -0.39 is 0 Å². The molecule has 2 N–H and O–H groups in total. The fraction of sp³-hybridized carbons (Fsp3) is 0.455. The second-order valence-corrected chi connectivity index (χ2v) is 4.47. The smallest absolute Gasteiger partial charge is 0.0636 e. The van der Waals surface area contributed by atoms with Crippen molar-refractivity contribution >= 4 is 23.2 Å². The Bertz CT molecular complexity index is 328. The minimum absolute atomic E-state index is 0.148. The first-order chi connectivity index (χ1) is 7.00. The maximum absolute atomic E-state index is 9.14. The molecular weight excluding hydrogens is 233 g/mol. The van der Waals surface area contributed by atoms with E-state index in [4.69, 9.17) is 28.3 Å². The first kappa shape index (κ1) is 12.8. The standard InChI is InChI=1S/C11H15Cl2NO/c1-7(15)6-14-8(2)9-3-4-10(12)11(13)5-9/h3-5,7-8,14-15H,6H2,1-2H3/t7-,8?/m1/s1. The minimum atomic E-state index is -0.352. The van der Waals surface area contributed by atoms with Crippen LogP contribution in [0.25, 0.3) is 0 Å². The van der Waals surface area contributed by atoms with Crippen LogP contribution in [0.5, 0.6) is 0 Å². The molecule has 1 aromatic carbocycles. The highest BCUT2D eigenvalue weighted by atomic mass is 35.5. The summed E-state index contributed by atoms with van der Waals surface area (Å²) in [6.45, 7) is 4.32. The van der Waals surface area contributed by atoms with Crippen LogP contribution in [0.15, 0.2) is 18.2 Å². The topological polar surface area (TPSA) is 32.3 Å². The van der Waals surface area contributed by atoms with Gasteiger partial charge in [0.05, 0.1) is 16.1 Å². The van der Waals surface area contributed by atoms with E-state index in [9.17, 15) is 0 Å². The summed E-state index contributed by atoms with van der Waals surface area (Å²) in [5.74, 6) is 0. The van der Waals surface area contributed by atoms with E-state index in [1.807, 2.05) is 19.1 Å². The fourth-order valence-electron chi connectivity index (χ4n) is 1.25. The maximum atomic E-state index is 9.14. The van der Waals surface area contributed by atoms with E-state index in [0.29, 0.717) is 16.6 Å². The molecular formula is C11H15Cl2NO. The van der Waals surface area contributed by atoms with Gasteiger partial charge in [-0.25, -0.2) is 0 Å². The van der Waals surface area contributed by atoms with Crippen LogP contribution in [0.4, 0.5) is 0 Å². The van der Waals surface area contributed by atoms with Crippen LogP contribution in [0.3, 0.4) is 0 Å². The van der Waals surface area contributed by atoms with Gasteiger partial charge in [0.2, 0.25) is 0 Å². The lowest BCUT2D eigenvalue weighted by Crippen LogP contribution is -2.27. The Hall–Kier alpha value is -0.280. The first-order valence-electron chi connectivity index (χ1n) is 4.87. The second kappa shape index (κ2) is 5.71. The molecule has 0 amide bonds. The third-order valence-electron chi connectivity index (χ3n) is 2.16. The second-order valence-electron chi connectivity index (χ2n) is 3.65. The molecule has 0 aliphatic carbocycles. The normalized spacial score (nSPS) is 15.0. The summed E-state index contributed by atoms with van der Waals surface area (Å²) >= 11 is 11.7. The van der Waals surface area contributed by atoms with E-state index >= 15 is 0 Å². The third-order valence-corrected chi connectivity index (χ3v) is 2.90. The Morgan fingerprint density at radius 1 is 1.27 bits per heavy atom. The molecule has 1 unspecified atom stereocenters. The molecule has 4 heteroatoms. The van der Waals surface area contributed by atoms with Crippen molar-refractivity contribution < 1.29 is 5.11 Å². The van der Waals surface area contributed by atoms with Crippen molar-refractivity contribution in [3.63, 3.8) is 0 Å². The Kier molecular flexibility index (Phi) is 4.87. The van der Waals surface area contributed by atoms with Crippen LogP contribution in [0, 0.1) is 0 Å². The molecule has 15 heavy (non-hydrogen) atoms. The van der Waals surface area contributed by atoms with Crippen LogP contribution in [0.2, 0.25) is 10.0 Å². The molecule has 0 saturated carbocycles. The highest BCUT2D eigenvalue weighted by Gasteiger charge is 2.07. The largest absolute Gasteiger partial charge is 0.392 e. The average Bonchev–Trinajstić information content (AvgIpc) is 2.18. The highest BCUT2D eigenvalue weighted by Crippen LogP contribution is 2.25. The first-order valence-corrected chi connectivity index (χ1v) is 5.62. The zero-order valence-corrected chi connectivity index (χ0v) is 10.3. The number of nitrogens with one attached hydrogen (secondary N) is 1. The highest BCUT2D eigenvalue weighted by molar-refractivity contribution is 6.42. The van der Waals surface area contributed by atoms with Crippen molar-refractivity contribution in [2.75, 3.05) is 6.54 Å². The molecule has 0 fully saturated rings. The summed E-state index contributed by atoms with van der Waals surface area (Å²) in [6.07, 6.45) is -0.352. The van der Waals surface area contributed by atoms with Crippen molar-refractivity contribution in [1.82, 2.24) is 5.32 Å². The van der Waals surface area contributed by atoms with E-state index in [0.717, 1.165) is 5.56 Å². The number of rotatable bonds is 4. The number of aliphatic hydroxyl groups is 1. The van der Waals surface area contributed by atoms with Crippen LogP contribution in [-0.2, 0) is 0 Å². The molecule has 1 rings (SSSR count). The summed E-state index contributed by atoms with van der Waals surface area (Å²) in [5.41, 5.74) is 1.06. The molecule has 0 saturated heterocycles. The van der Waals surface area contributed by atoms with Crippen LogP contribution >= 0.6 is 23.2 Å². The molecule has 2 nitrogen and oxygen atoms in total. The van der Waals surface area contributed by atoms with Gasteiger partial charge in [0.15, 0.2) is 0 Å². The van der Waals surface area contributed by atoms with Gasteiger partial charge in [-0.1, -0.05) is 29.3 Å². The van der Waals surface area contributed by atoms with Crippen molar-refractivity contribution in [3.05, 3.63) is 33.8 Å². The van der Waals surface area contributed by atoms with Gasteiger partial charge < -0.3 is 10.4 Å². The molecule has 0 bridgehead atoms. The van der Waals surface area contributed by atoms with E-state index in [2.05, 4.69) is 5.32 Å². The maximum Gasteiger partial charge on any atom is 0.0636 e.